The van der Waals surface area contributed by atoms with E-state index in [1.807, 2.05) is 0 Å². The van der Waals surface area contributed by atoms with E-state index in [4.69, 9.17) is 27.6 Å². The summed E-state index contributed by atoms with van der Waals surface area (Å²) in [5.74, 6) is 1.77. The summed E-state index contributed by atoms with van der Waals surface area (Å²) in [7, 11) is 0. The molecule has 1 heterocycles. The summed E-state index contributed by atoms with van der Waals surface area (Å²) in [6, 6.07) is 0. The van der Waals surface area contributed by atoms with Gasteiger partial charge in [-0.2, -0.15) is 0 Å². The molecule has 0 aliphatic carbocycles. The SMILES string of the molecule is S=P1(Cl)C=C(Br)CO1. The van der Waals surface area contributed by atoms with Crippen LogP contribution in [-0.4, -0.2) is 6.61 Å². The molecule has 0 radical (unpaired) electrons. The lowest BCUT2D eigenvalue weighted by molar-refractivity contribution is 0.423. The summed E-state index contributed by atoms with van der Waals surface area (Å²) in [5.41, 5.74) is -2.00. The average Bonchev–Trinajstić information content (AvgIpc) is 1.82. The third kappa shape index (κ3) is 1.82. The van der Waals surface area contributed by atoms with E-state index in [0.717, 1.165) is 4.48 Å². The van der Waals surface area contributed by atoms with Crippen LogP contribution in [0, 0.1) is 0 Å². The third-order valence-electron chi connectivity index (χ3n) is 0.673. The van der Waals surface area contributed by atoms with Crippen molar-refractivity contribution in [1.82, 2.24) is 0 Å². The smallest absolute Gasteiger partial charge is 0.174 e. The molecule has 1 aliphatic heterocycles. The van der Waals surface area contributed by atoms with E-state index in [2.05, 4.69) is 15.9 Å². The van der Waals surface area contributed by atoms with Crippen molar-refractivity contribution in [3.8, 4) is 0 Å². The van der Waals surface area contributed by atoms with E-state index in [1.165, 1.54) is 0 Å². The first-order chi connectivity index (χ1) is 3.60. The summed E-state index contributed by atoms with van der Waals surface area (Å²) >= 11 is 13.7. The summed E-state index contributed by atoms with van der Waals surface area (Å²) in [5, 5.41) is 0. The van der Waals surface area contributed by atoms with Gasteiger partial charge in [0.25, 0.3) is 0 Å². The van der Waals surface area contributed by atoms with Gasteiger partial charge in [0.1, 0.15) is 0 Å². The second-order valence-electron chi connectivity index (χ2n) is 1.37. The topological polar surface area (TPSA) is 9.23 Å². The van der Waals surface area contributed by atoms with Gasteiger partial charge in [0.05, 0.1) is 6.61 Å². The molecule has 1 nitrogen and oxygen atoms in total. The van der Waals surface area contributed by atoms with Crippen LogP contribution in [0.25, 0.3) is 0 Å². The van der Waals surface area contributed by atoms with E-state index in [1.54, 1.807) is 5.82 Å². The van der Waals surface area contributed by atoms with Crippen molar-refractivity contribution >= 4 is 44.6 Å². The first-order valence-electron chi connectivity index (χ1n) is 1.91. The van der Waals surface area contributed by atoms with Crippen LogP contribution in [0.3, 0.4) is 0 Å². The van der Waals surface area contributed by atoms with Crippen molar-refractivity contribution < 1.29 is 4.52 Å². The van der Waals surface area contributed by atoms with Crippen LogP contribution in [-0.2, 0) is 16.3 Å². The lowest BCUT2D eigenvalue weighted by atomic mass is 10.7. The Balaban J connectivity index is 2.82. The fourth-order valence-corrected chi connectivity index (χ4v) is 4.15. The Bertz CT molecular complexity index is 180. The predicted octanol–water partition coefficient (Wildman–Crippen LogP) is 2.80. The highest BCUT2D eigenvalue weighted by Crippen LogP contribution is 2.59. The van der Waals surface area contributed by atoms with Crippen molar-refractivity contribution in [2.24, 2.45) is 0 Å². The normalized spacial score (nSPS) is 37.5. The van der Waals surface area contributed by atoms with Gasteiger partial charge in [0.2, 0.25) is 0 Å². The summed E-state index contributed by atoms with van der Waals surface area (Å²) in [6.07, 6.45) is 0. The van der Waals surface area contributed by atoms with Crippen LogP contribution in [0.5, 0.6) is 0 Å². The maximum absolute atomic E-state index is 5.66. The van der Waals surface area contributed by atoms with Crippen molar-refractivity contribution in [1.29, 1.82) is 0 Å². The Morgan fingerprint density at radius 1 is 2.00 bits per heavy atom. The number of rotatable bonds is 0. The van der Waals surface area contributed by atoms with E-state index in [-0.39, 0.29) is 0 Å². The van der Waals surface area contributed by atoms with Gasteiger partial charge in [0, 0.05) is 10.3 Å². The molecular weight excluding hydrogens is 230 g/mol. The minimum atomic E-state index is -2.00. The Morgan fingerprint density at radius 2 is 2.62 bits per heavy atom. The standard InChI is InChI=1S/C3H3BrClOPS/c4-3-1-6-7(5,8)2-3/h2H,1H2. The summed E-state index contributed by atoms with van der Waals surface area (Å²) < 4.78 is 5.97. The molecule has 1 rings (SSSR count). The van der Waals surface area contributed by atoms with Crippen LogP contribution in [0.15, 0.2) is 10.3 Å². The molecule has 46 valence electrons. The fourth-order valence-electron chi connectivity index (χ4n) is 0.392. The second kappa shape index (κ2) is 2.39. The van der Waals surface area contributed by atoms with Crippen molar-refractivity contribution in [2.45, 2.75) is 0 Å². The first-order valence-corrected chi connectivity index (χ1v) is 6.40. The molecule has 1 atom stereocenters. The van der Waals surface area contributed by atoms with Crippen LogP contribution >= 0.6 is 32.8 Å². The highest BCUT2D eigenvalue weighted by atomic mass is 79.9. The lowest BCUT2D eigenvalue weighted by Crippen LogP contribution is -1.74. The molecule has 0 aromatic heterocycles. The number of halogens is 2. The molecule has 0 aromatic carbocycles. The molecule has 0 saturated heterocycles. The fraction of sp³-hybridized carbons (Fsp3) is 0.333. The highest BCUT2D eigenvalue weighted by Gasteiger charge is 2.17. The van der Waals surface area contributed by atoms with Gasteiger partial charge in [-0.25, -0.2) is 0 Å². The van der Waals surface area contributed by atoms with Gasteiger partial charge in [-0.15, -0.1) is 0 Å². The van der Waals surface area contributed by atoms with Gasteiger partial charge in [-0.1, -0.05) is 27.2 Å². The van der Waals surface area contributed by atoms with Crippen LogP contribution < -0.4 is 0 Å². The van der Waals surface area contributed by atoms with E-state index < -0.39 is 5.62 Å². The van der Waals surface area contributed by atoms with Gasteiger partial charge in [-0.05, 0) is 11.8 Å². The summed E-state index contributed by atoms with van der Waals surface area (Å²) in [4.78, 5) is 0. The van der Waals surface area contributed by atoms with Crippen molar-refractivity contribution in [3.05, 3.63) is 10.3 Å². The molecule has 5 heteroatoms. The first kappa shape index (κ1) is 7.23. The number of hydrogen-bond acceptors (Lipinski definition) is 2. The number of hydrogen-bond donors (Lipinski definition) is 0. The zero-order chi connectivity index (χ0) is 6.20. The summed E-state index contributed by atoms with van der Waals surface area (Å²) in [6.45, 7) is 0.542. The maximum Gasteiger partial charge on any atom is 0.174 e. The zero-order valence-corrected chi connectivity index (χ0v) is 7.86. The molecule has 0 N–H and O–H groups in total. The van der Waals surface area contributed by atoms with E-state index in [9.17, 15) is 0 Å². The molecule has 0 spiro atoms. The van der Waals surface area contributed by atoms with Gasteiger partial charge in [-0.3, -0.25) is 0 Å². The molecule has 0 aromatic rings. The van der Waals surface area contributed by atoms with Gasteiger partial charge in [0.15, 0.2) is 5.62 Å². The monoisotopic (exact) mass is 232 g/mol. The van der Waals surface area contributed by atoms with Crippen LogP contribution in [0.2, 0.25) is 0 Å². The quantitative estimate of drug-likeness (QED) is 0.595. The second-order valence-corrected chi connectivity index (χ2v) is 7.68. The highest BCUT2D eigenvalue weighted by molar-refractivity contribution is 9.11. The van der Waals surface area contributed by atoms with Crippen LogP contribution in [0.4, 0.5) is 0 Å². The Kier molecular flexibility index (Phi) is 2.16. The molecule has 0 fully saturated rings. The molecule has 0 bridgehead atoms. The minimum Gasteiger partial charge on any atom is -0.330 e. The molecule has 1 aliphatic rings. The average molecular weight is 233 g/mol. The van der Waals surface area contributed by atoms with Gasteiger partial charge < -0.3 is 4.52 Å². The Hall–Kier alpha value is 1.12. The predicted molar refractivity (Wildman–Crippen MR) is 43.1 cm³/mol. The maximum atomic E-state index is 5.66. The van der Waals surface area contributed by atoms with Crippen molar-refractivity contribution in [2.75, 3.05) is 6.61 Å². The largest absolute Gasteiger partial charge is 0.330 e. The van der Waals surface area contributed by atoms with Gasteiger partial charge >= 0.3 is 0 Å². The molecule has 0 saturated carbocycles. The third-order valence-corrected chi connectivity index (χ3v) is 3.80. The van der Waals surface area contributed by atoms with Crippen molar-refractivity contribution in [3.63, 3.8) is 0 Å². The van der Waals surface area contributed by atoms with E-state index in [0.29, 0.717) is 6.61 Å². The Labute approximate surface area is 66.1 Å². The van der Waals surface area contributed by atoms with Crippen LogP contribution in [0.1, 0.15) is 0 Å². The van der Waals surface area contributed by atoms with E-state index >= 15 is 0 Å². The molecule has 0 amide bonds. The molecule has 1 unspecified atom stereocenters. The Morgan fingerprint density at radius 3 is 2.75 bits per heavy atom. The molecule has 8 heavy (non-hydrogen) atoms. The minimum absolute atomic E-state index is 0.542. The lowest BCUT2D eigenvalue weighted by Gasteiger charge is -1.98. The zero-order valence-electron chi connectivity index (χ0n) is 3.80. The molecular formula is C3H3BrClOPS.